The first-order valence-electron chi connectivity index (χ1n) is 8.19. The van der Waals surface area contributed by atoms with Crippen molar-refractivity contribution in [2.75, 3.05) is 5.32 Å². The van der Waals surface area contributed by atoms with Gasteiger partial charge in [0.15, 0.2) is 0 Å². The van der Waals surface area contributed by atoms with E-state index in [0.29, 0.717) is 5.76 Å². The maximum Gasteiger partial charge on any atom is 0.337 e. The molecule has 0 amide bonds. The van der Waals surface area contributed by atoms with Crippen LogP contribution in [-0.2, 0) is 16.6 Å². The number of nitrogens with one attached hydrogen (secondary N) is 1. The lowest BCUT2D eigenvalue weighted by Gasteiger charge is -2.11. The van der Waals surface area contributed by atoms with Crippen molar-refractivity contribution in [3.8, 4) is 5.75 Å². The number of halogens is 1. The molecule has 1 aromatic heterocycles. The normalized spacial score (nSPS) is 11.6. The van der Waals surface area contributed by atoms with Crippen molar-refractivity contribution in [2.24, 2.45) is 4.40 Å². The second-order valence-corrected chi connectivity index (χ2v) is 7.84. The van der Waals surface area contributed by atoms with E-state index < -0.39 is 20.9 Å². The van der Waals surface area contributed by atoms with Gasteiger partial charge < -0.3 is 19.9 Å². The molecule has 0 unspecified atom stereocenters. The number of phenolic OH excluding ortho intramolecular Hbond substituents is 1. The van der Waals surface area contributed by atoms with Crippen molar-refractivity contribution in [3.05, 3.63) is 76.7 Å². The number of aromatic hydroxyl groups is 1. The number of rotatable bonds is 7. The van der Waals surface area contributed by atoms with Crippen molar-refractivity contribution in [1.29, 1.82) is 0 Å². The first kappa shape index (κ1) is 20.4. The second kappa shape index (κ2) is 8.38. The average molecular weight is 435 g/mol. The molecule has 0 saturated heterocycles. The lowest BCUT2D eigenvalue weighted by Crippen LogP contribution is -2.09. The molecule has 2 aromatic carbocycles. The molecule has 29 heavy (non-hydrogen) atoms. The molecule has 0 bridgehead atoms. The van der Waals surface area contributed by atoms with Gasteiger partial charge in [-0.2, -0.15) is 12.8 Å². The Kier molecular flexibility index (Phi) is 5.90. The summed E-state index contributed by atoms with van der Waals surface area (Å²) in [5, 5.41) is 21.8. The number of sulfonamides is 1. The molecule has 0 radical (unpaired) electrons. The molecule has 8 nitrogen and oxygen atoms in total. The van der Waals surface area contributed by atoms with Crippen molar-refractivity contribution < 1.29 is 27.8 Å². The monoisotopic (exact) mass is 434 g/mol. The standard InChI is InChI=1S/C19H15ClN2O6S/c20-15-9-16(21-11-13-5-3-7-28-13)14(19(24)25)8-18(15)29(26,27)22-10-12-4-1-2-6-17(12)23/h1-10,21,23H,11H2,(H,24,25). The van der Waals surface area contributed by atoms with Gasteiger partial charge in [-0.25, -0.2) is 4.79 Å². The molecule has 0 aliphatic heterocycles. The van der Waals surface area contributed by atoms with Crippen LogP contribution < -0.4 is 5.32 Å². The van der Waals surface area contributed by atoms with Gasteiger partial charge in [0.05, 0.1) is 35.3 Å². The Morgan fingerprint density at radius 3 is 2.62 bits per heavy atom. The van der Waals surface area contributed by atoms with Gasteiger partial charge in [0.1, 0.15) is 16.4 Å². The molecule has 1 heterocycles. The molecule has 0 aliphatic rings. The summed E-state index contributed by atoms with van der Waals surface area (Å²) >= 11 is 6.11. The van der Waals surface area contributed by atoms with Gasteiger partial charge in [-0.05, 0) is 36.4 Å². The first-order valence-corrected chi connectivity index (χ1v) is 10.0. The van der Waals surface area contributed by atoms with E-state index in [4.69, 9.17) is 16.0 Å². The number of para-hydroxylation sites is 1. The molecule has 0 atom stereocenters. The zero-order valence-electron chi connectivity index (χ0n) is 14.7. The third-order valence-corrected chi connectivity index (χ3v) is 5.58. The van der Waals surface area contributed by atoms with Crippen LogP contribution in [0.2, 0.25) is 5.02 Å². The van der Waals surface area contributed by atoms with Crippen LogP contribution in [0, 0.1) is 0 Å². The zero-order chi connectivity index (χ0) is 21.0. The first-order chi connectivity index (χ1) is 13.8. The smallest absolute Gasteiger partial charge is 0.337 e. The Balaban J connectivity index is 1.95. The Bertz CT molecular complexity index is 1170. The van der Waals surface area contributed by atoms with E-state index in [2.05, 4.69) is 9.71 Å². The Hall–Kier alpha value is -3.30. The fourth-order valence-corrected chi connectivity index (χ4v) is 3.84. The summed E-state index contributed by atoms with van der Waals surface area (Å²) in [4.78, 5) is 11.2. The highest BCUT2D eigenvalue weighted by Gasteiger charge is 2.22. The maximum atomic E-state index is 12.6. The van der Waals surface area contributed by atoms with Crippen molar-refractivity contribution in [2.45, 2.75) is 11.4 Å². The predicted octanol–water partition coefficient (Wildman–Crippen LogP) is 3.76. The molecule has 3 N–H and O–H groups in total. The average Bonchev–Trinajstić information content (AvgIpc) is 3.19. The summed E-state index contributed by atoms with van der Waals surface area (Å²) < 4.78 is 33.8. The SMILES string of the molecule is O=C(O)c1cc(S(=O)(=O)N=Cc2ccccc2O)c(Cl)cc1NCc1ccco1. The minimum absolute atomic E-state index is 0.127. The highest BCUT2D eigenvalue weighted by molar-refractivity contribution is 7.90. The summed E-state index contributed by atoms with van der Waals surface area (Å²) in [7, 11) is -4.32. The largest absolute Gasteiger partial charge is 0.507 e. The van der Waals surface area contributed by atoms with Gasteiger partial charge in [0, 0.05) is 5.56 Å². The predicted molar refractivity (Wildman–Crippen MR) is 107 cm³/mol. The number of hydrogen-bond acceptors (Lipinski definition) is 6. The number of phenols is 1. The topological polar surface area (TPSA) is 129 Å². The summed E-state index contributed by atoms with van der Waals surface area (Å²) in [6.07, 6.45) is 2.44. The van der Waals surface area contributed by atoms with Crippen LogP contribution >= 0.6 is 11.6 Å². The van der Waals surface area contributed by atoms with Gasteiger partial charge >= 0.3 is 5.97 Å². The van der Waals surface area contributed by atoms with Crippen LogP contribution in [-0.4, -0.2) is 30.8 Å². The Morgan fingerprint density at radius 2 is 1.97 bits per heavy atom. The van der Waals surface area contributed by atoms with E-state index in [0.717, 1.165) is 12.3 Å². The fourth-order valence-electron chi connectivity index (χ4n) is 2.45. The Labute approximate surface area is 171 Å². The third kappa shape index (κ3) is 4.76. The summed E-state index contributed by atoms with van der Waals surface area (Å²) in [5.41, 5.74) is 0.0159. The number of aromatic carboxylic acids is 1. The van der Waals surface area contributed by atoms with Gasteiger partial charge in [-0.15, -0.1) is 0 Å². The van der Waals surface area contributed by atoms with Gasteiger partial charge in [-0.3, -0.25) is 0 Å². The van der Waals surface area contributed by atoms with Crippen molar-refractivity contribution >= 4 is 39.5 Å². The van der Waals surface area contributed by atoms with E-state index >= 15 is 0 Å². The van der Waals surface area contributed by atoms with E-state index in [-0.39, 0.29) is 34.1 Å². The molecule has 0 aliphatic carbocycles. The zero-order valence-corrected chi connectivity index (χ0v) is 16.3. The van der Waals surface area contributed by atoms with Gasteiger partial charge in [-0.1, -0.05) is 23.7 Å². The van der Waals surface area contributed by atoms with Gasteiger partial charge in [0.2, 0.25) is 0 Å². The molecular formula is C19H15ClN2O6S. The number of benzene rings is 2. The van der Waals surface area contributed by atoms with E-state index in [1.165, 1.54) is 24.5 Å². The number of furan rings is 1. The molecule has 3 aromatic rings. The molecule has 0 fully saturated rings. The minimum Gasteiger partial charge on any atom is -0.507 e. The molecule has 0 spiro atoms. The Morgan fingerprint density at radius 1 is 1.21 bits per heavy atom. The lowest BCUT2D eigenvalue weighted by atomic mass is 10.1. The number of carboxylic acids is 1. The third-order valence-electron chi connectivity index (χ3n) is 3.88. The fraction of sp³-hybridized carbons (Fsp3) is 0.0526. The number of hydrogen-bond donors (Lipinski definition) is 3. The van der Waals surface area contributed by atoms with Crippen molar-refractivity contribution in [1.82, 2.24) is 0 Å². The summed E-state index contributed by atoms with van der Waals surface area (Å²) in [6.45, 7) is 0.182. The molecule has 150 valence electrons. The van der Waals surface area contributed by atoms with Crippen LogP contribution in [0.5, 0.6) is 5.75 Å². The quantitative estimate of drug-likeness (QED) is 0.483. The molecule has 3 rings (SSSR count). The number of anilines is 1. The van der Waals surface area contributed by atoms with Crippen LogP contribution in [0.1, 0.15) is 21.7 Å². The number of carboxylic acid groups (broad SMARTS) is 1. The highest BCUT2D eigenvalue weighted by atomic mass is 35.5. The number of nitrogens with zero attached hydrogens (tertiary/aromatic N) is 1. The van der Waals surface area contributed by atoms with Crippen LogP contribution in [0.3, 0.4) is 0 Å². The lowest BCUT2D eigenvalue weighted by molar-refractivity contribution is 0.0697. The number of carbonyl (C=O) groups is 1. The van der Waals surface area contributed by atoms with E-state index in [1.807, 2.05) is 0 Å². The second-order valence-electron chi connectivity index (χ2n) is 5.83. The molecular weight excluding hydrogens is 420 g/mol. The molecule has 10 heteroatoms. The van der Waals surface area contributed by atoms with Crippen molar-refractivity contribution in [3.63, 3.8) is 0 Å². The van der Waals surface area contributed by atoms with Crippen LogP contribution in [0.15, 0.2) is 68.5 Å². The highest BCUT2D eigenvalue weighted by Crippen LogP contribution is 2.30. The van der Waals surface area contributed by atoms with Crippen LogP contribution in [0.4, 0.5) is 5.69 Å². The summed E-state index contributed by atoms with van der Waals surface area (Å²) in [6, 6.07) is 11.5. The van der Waals surface area contributed by atoms with E-state index in [9.17, 15) is 23.4 Å². The van der Waals surface area contributed by atoms with E-state index in [1.54, 1.807) is 24.3 Å². The maximum absolute atomic E-state index is 12.6. The molecule has 0 saturated carbocycles. The summed E-state index contributed by atoms with van der Waals surface area (Å²) in [5.74, 6) is -0.938. The van der Waals surface area contributed by atoms with Crippen LogP contribution in [0.25, 0.3) is 0 Å². The van der Waals surface area contributed by atoms with Gasteiger partial charge in [0.25, 0.3) is 10.0 Å². The minimum atomic E-state index is -4.32.